The van der Waals surface area contributed by atoms with E-state index in [1.165, 1.54) is 0 Å². The summed E-state index contributed by atoms with van der Waals surface area (Å²) in [5, 5.41) is 4.25. The van der Waals surface area contributed by atoms with E-state index in [0.717, 1.165) is 48.3 Å². The van der Waals surface area contributed by atoms with Crippen molar-refractivity contribution in [2.45, 2.75) is 13.0 Å². The first-order chi connectivity index (χ1) is 12.8. The molecule has 0 saturated carbocycles. The molecule has 1 aliphatic heterocycles. The van der Waals surface area contributed by atoms with Crippen LogP contribution in [0.1, 0.15) is 22.5 Å². The molecule has 5 nitrogen and oxygen atoms in total. The number of para-hydroxylation sites is 2. The van der Waals surface area contributed by atoms with E-state index in [9.17, 15) is 4.79 Å². The van der Waals surface area contributed by atoms with Crippen LogP contribution in [0.15, 0.2) is 59.0 Å². The predicted molar refractivity (Wildman–Crippen MR) is 100 cm³/mol. The largest absolute Gasteiger partial charge is 0.489 e. The standard InChI is InChI=1S/C21H22N2O3/c24-21(23-13-6-11-22-12-14-23)20-18(15-25-16-7-2-1-3-8-16)17-9-4-5-10-19(17)26-20/h1-5,7-10,22H,6,11-15H2. The quantitative estimate of drug-likeness (QED) is 0.783. The molecule has 0 atom stereocenters. The van der Waals surface area contributed by atoms with Gasteiger partial charge in [0.05, 0.1) is 0 Å². The predicted octanol–water partition coefficient (Wildman–Crippen LogP) is 3.45. The highest BCUT2D eigenvalue weighted by Gasteiger charge is 2.26. The Hall–Kier alpha value is -2.79. The van der Waals surface area contributed by atoms with Crippen LogP contribution < -0.4 is 10.1 Å². The summed E-state index contributed by atoms with van der Waals surface area (Å²) in [5.74, 6) is 1.11. The summed E-state index contributed by atoms with van der Waals surface area (Å²) >= 11 is 0. The van der Waals surface area contributed by atoms with Crippen molar-refractivity contribution in [3.8, 4) is 5.75 Å². The van der Waals surface area contributed by atoms with Crippen LogP contribution >= 0.6 is 0 Å². The summed E-state index contributed by atoms with van der Waals surface area (Å²) in [6.07, 6.45) is 0.946. The molecule has 2 heterocycles. The molecule has 1 aliphatic rings. The lowest BCUT2D eigenvalue weighted by atomic mass is 10.1. The van der Waals surface area contributed by atoms with Crippen molar-refractivity contribution in [1.29, 1.82) is 0 Å². The van der Waals surface area contributed by atoms with E-state index in [2.05, 4.69) is 5.32 Å². The maximum Gasteiger partial charge on any atom is 0.290 e. The van der Waals surface area contributed by atoms with Crippen LogP contribution in [0.5, 0.6) is 5.75 Å². The molecule has 1 fully saturated rings. The van der Waals surface area contributed by atoms with E-state index in [1.807, 2.05) is 59.5 Å². The molecule has 26 heavy (non-hydrogen) atoms. The summed E-state index contributed by atoms with van der Waals surface area (Å²) in [5.41, 5.74) is 1.53. The van der Waals surface area contributed by atoms with Gasteiger partial charge in [0, 0.05) is 30.6 Å². The van der Waals surface area contributed by atoms with Crippen LogP contribution in [0.2, 0.25) is 0 Å². The van der Waals surface area contributed by atoms with Crippen LogP contribution in [0.4, 0.5) is 0 Å². The topological polar surface area (TPSA) is 54.7 Å². The first-order valence-corrected chi connectivity index (χ1v) is 9.01. The van der Waals surface area contributed by atoms with E-state index in [-0.39, 0.29) is 5.91 Å². The van der Waals surface area contributed by atoms with Crippen LogP contribution in [0.3, 0.4) is 0 Å². The lowest BCUT2D eigenvalue weighted by Gasteiger charge is -2.19. The SMILES string of the molecule is O=C(c1oc2ccccc2c1COc1ccccc1)N1CCCNCC1. The lowest BCUT2D eigenvalue weighted by Crippen LogP contribution is -2.34. The average molecular weight is 350 g/mol. The number of rotatable bonds is 4. The number of hydrogen-bond acceptors (Lipinski definition) is 4. The van der Waals surface area contributed by atoms with Crippen LogP contribution in [-0.4, -0.2) is 37.0 Å². The summed E-state index contributed by atoms with van der Waals surface area (Å²) in [6, 6.07) is 17.4. The van der Waals surface area contributed by atoms with Crippen LogP contribution in [0, 0.1) is 0 Å². The van der Waals surface area contributed by atoms with E-state index < -0.39 is 0 Å². The van der Waals surface area contributed by atoms with Gasteiger partial charge in [-0.2, -0.15) is 0 Å². The van der Waals surface area contributed by atoms with Gasteiger partial charge < -0.3 is 19.4 Å². The third-order valence-electron chi connectivity index (χ3n) is 4.65. The first-order valence-electron chi connectivity index (χ1n) is 9.01. The summed E-state index contributed by atoms with van der Waals surface area (Å²) in [7, 11) is 0. The summed E-state index contributed by atoms with van der Waals surface area (Å²) < 4.78 is 11.9. The number of furan rings is 1. The van der Waals surface area contributed by atoms with Gasteiger partial charge in [-0.25, -0.2) is 0 Å². The fourth-order valence-electron chi connectivity index (χ4n) is 3.28. The van der Waals surface area contributed by atoms with Gasteiger partial charge in [-0.05, 0) is 31.2 Å². The number of ether oxygens (including phenoxy) is 1. The Balaban J connectivity index is 1.65. The highest BCUT2D eigenvalue weighted by Crippen LogP contribution is 2.28. The minimum atomic E-state index is -0.0587. The number of fused-ring (bicyclic) bond motifs is 1. The second kappa shape index (κ2) is 7.62. The van der Waals surface area contributed by atoms with E-state index in [0.29, 0.717) is 18.9 Å². The average Bonchev–Trinajstić information content (AvgIpc) is 2.85. The molecule has 0 spiro atoms. The van der Waals surface area contributed by atoms with Crippen molar-refractivity contribution in [2.75, 3.05) is 26.2 Å². The molecule has 134 valence electrons. The Labute approximate surface area is 152 Å². The van der Waals surface area contributed by atoms with E-state index in [4.69, 9.17) is 9.15 Å². The molecule has 1 saturated heterocycles. The molecule has 1 aromatic heterocycles. The molecule has 4 rings (SSSR count). The third-order valence-corrected chi connectivity index (χ3v) is 4.65. The molecule has 0 aliphatic carbocycles. The van der Waals surface area contributed by atoms with Crippen molar-refractivity contribution in [2.24, 2.45) is 0 Å². The zero-order valence-electron chi connectivity index (χ0n) is 14.6. The Morgan fingerprint density at radius 1 is 1.04 bits per heavy atom. The fourth-order valence-corrected chi connectivity index (χ4v) is 3.28. The zero-order valence-corrected chi connectivity index (χ0v) is 14.6. The van der Waals surface area contributed by atoms with Crippen molar-refractivity contribution in [3.05, 3.63) is 65.9 Å². The maximum atomic E-state index is 13.1. The van der Waals surface area contributed by atoms with Crippen LogP contribution in [-0.2, 0) is 6.61 Å². The monoisotopic (exact) mass is 350 g/mol. The molecule has 5 heteroatoms. The van der Waals surface area contributed by atoms with Gasteiger partial charge in [0.1, 0.15) is 17.9 Å². The molecular weight excluding hydrogens is 328 g/mol. The molecule has 1 amide bonds. The summed E-state index contributed by atoms with van der Waals surface area (Å²) in [6.45, 7) is 3.47. The smallest absolute Gasteiger partial charge is 0.290 e. The van der Waals surface area contributed by atoms with Gasteiger partial charge in [-0.15, -0.1) is 0 Å². The van der Waals surface area contributed by atoms with Gasteiger partial charge in [0.2, 0.25) is 0 Å². The Kier molecular flexibility index (Phi) is 4.88. The van der Waals surface area contributed by atoms with Gasteiger partial charge in [-0.1, -0.05) is 36.4 Å². The number of nitrogens with one attached hydrogen (secondary N) is 1. The minimum Gasteiger partial charge on any atom is -0.489 e. The second-order valence-electron chi connectivity index (χ2n) is 6.40. The zero-order chi connectivity index (χ0) is 17.8. The Bertz CT molecular complexity index is 881. The summed E-state index contributed by atoms with van der Waals surface area (Å²) in [4.78, 5) is 15.0. The third kappa shape index (κ3) is 3.44. The maximum absolute atomic E-state index is 13.1. The number of benzene rings is 2. The van der Waals surface area contributed by atoms with Crippen LogP contribution in [0.25, 0.3) is 11.0 Å². The lowest BCUT2D eigenvalue weighted by molar-refractivity contribution is 0.0733. The second-order valence-corrected chi connectivity index (χ2v) is 6.40. The highest BCUT2D eigenvalue weighted by molar-refractivity contribution is 5.99. The molecule has 0 bridgehead atoms. The van der Waals surface area contributed by atoms with Crippen molar-refractivity contribution < 1.29 is 13.9 Å². The molecular formula is C21H22N2O3. The molecule has 0 radical (unpaired) electrons. The van der Waals surface area contributed by atoms with E-state index >= 15 is 0 Å². The highest BCUT2D eigenvalue weighted by atomic mass is 16.5. The van der Waals surface area contributed by atoms with Gasteiger partial charge in [0.25, 0.3) is 5.91 Å². The number of hydrogen-bond donors (Lipinski definition) is 1. The van der Waals surface area contributed by atoms with Crippen molar-refractivity contribution in [3.63, 3.8) is 0 Å². The normalized spacial score (nSPS) is 15.0. The number of nitrogens with zero attached hydrogens (tertiary/aromatic N) is 1. The number of carbonyl (C=O) groups excluding carboxylic acids is 1. The number of carbonyl (C=O) groups is 1. The molecule has 3 aromatic rings. The fraction of sp³-hybridized carbons (Fsp3) is 0.286. The van der Waals surface area contributed by atoms with Gasteiger partial charge in [-0.3, -0.25) is 4.79 Å². The van der Waals surface area contributed by atoms with Gasteiger partial charge >= 0.3 is 0 Å². The Morgan fingerprint density at radius 3 is 2.73 bits per heavy atom. The van der Waals surface area contributed by atoms with E-state index in [1.54, 1.807) is 0 Å². The minimum absolute atomic E-state index is 0.0587. The Morgan fingerprint density at radius 2 is 1.85 bits per heavy atom. The molecule has 0 unspecified atom stereocenters. The van der Waals surface area contributed by atoms with Crippen molar-refractivity contribution >= 4 is 16.9 Å². The molecule has 1 N–H and O–H groups in total. The van der Waals surface area contributed by atoms with Crippen molar-refractivity contribution in [1.82, 2.24) is 10.2 Å². The molecule has 2 aromatic carbocycles. The number of amides is 1. The first kappa shape index (κ1) is 16.7. The van der Waals surface area contributed by atoms with Gasteiger partial charge in [0.15, 0.2) is 5.76 Å².